The van der Waals surface area contributed by atoms with Gasteiger partial charge in [-0.15, -0.1) is 11.8 Å². The topological polar surface area (TPSA) is 129 Å². The average Bonchev–Trinajstić information content (AvgIpc) is 3.06. The Kier molecular flexibility index (Phi) is 13.1. The van der Waals surface area contributed by atoms with Gasteiger partial charge < -0.3 is 19.5 Å². The first kappa shape index (κ1) is 34.6. The van der Waals surface area contributed by atoms with E-state index in [0.717, 1.165) is 74.3 Å². The third kappa shape index (κ3) is 9.56. The number of rotatable bonds is 15. The Balaban J connectivity index is 2.11. The van der Waals surface area contributed by atoms with Crippen LogP contribution < -0.4 is 15.0 Å². The van der Waals surface area contributed by atoms with Gasteiger partial charge in [-0.25, -0.2) is 9.59 Å². The minimum atomic E-state index is -3.26. The average molecular weight is 635 g/mol. The Labute approximate surface area is 261 Å². The predicted molar refractivity (Wildman–Crippen MR) is 176 cm³/mol. The molecule has 4 N–H and O–H groups in total. The molecule has 0 spiro atoms. The van der Waals surface area contributed by atoms with Crippen molar-refractivity contribution in [3.8, 4) is 5.75 Å². The van der Waals surface area contributed by atoms with Gasteiger partial charge in [0.15, 0.2) is 0 Å². The lowest BCUT2D eigenvalue weighted by Crippen LogP contribution is -2.37. The van der Waals surface area contributed by atoms with E-state index in [1.165, 1.54) is 11.8 Å². The minimum Gasteiger partial charge on any atom is -0.478 e. The molecule has 0 radical (unpaired) electrons. The van der Waals surface area contributed by atoms with E-state index in [-0.39, 0.29) is 11.2 Å². The summed E-state index contributed by atoms with van der Waals surface area (Å²) in [6, 6.07) is 11.0. The maximum Gasteiger partial charge on any atom is 0.411 e. The van der Waals surface area contributed by atoms with E-state index in [1.54, 1.807) is 6.07 Å². The smallest absolute Gasteiger partial charge is 0.411 e. The van der Waals surface area contributed by atoms with Crippen LogP contribution in [0.5, 0.6) is 5.75 Å². The number of hydrogen-bond acceptors (Lipinski definition) is 8. The molecule has 9 nitrogen and oxygen atoms in total. The first-order valence-electron chi connectivity index (χ1n) is 14.9. The van der Waals surface area contributed by atoms with Gasteiger partial charge in [-0.2, -0.15) is 10.6 Å². The summed E-state index contributed by atoms with van der Waals surface area (Å²) >= 11 is 1.43. The molecule has 1 amide bonds. The fraction of sp³-hybridized carbons (Fsp3) is 0.500. The predicted octanol–water partition coefficient (Wildman–Crippen LogP) is 9.36. The van der Waals surface area contributed by atoms with Gasteiger partial charge in [0.05, 0.1) is 34.4 Å². The van der Waals surface area contributed by atoms with E-state index >= 15 is 0 Å². The van der Waals surface area contributed by atoms with E-state index in [4.69, 9.17) is 14.6 Å². The molecule has 3 rings (SSSR count). The minimum absolute atomic E-state index is 0.232. The molecule has 0 saturated carbocycles. The number of nitrogens with one attached hydrogen (secondary N) is 1. The van der Waals surface area contributed by atoms with Crippen molar-refractivity contribution in [1.29, 1.82) is 0 Å². The molecule has 0 saturated heterocycles. The fourth-order valence-electron chi connectivity index (χ4n) is 5.34. The van der Waals surface area contributed by atoms with Gasteiger partial charge in [0.25, 0.3) is 0 Å². The molecule has 0 unspecified atom stereocenters. The van der Waals surface area contributed by atoms with Gasteiger partial charge >= 0.3 is 12.1 Å². The number of fused-ring (bicyclic) bond motifs is 1. The van der Waals surface area contributed by atoms with Crippen LogP contribution in [0.15, 0.2) is 58.5 Å². The number of nitrogens with zero attached hydrogens (tertiary/aromatic N) is 1. The van der Waals surface area contributed by atoms with Crippen LogP contribution in [0.3, 0.4) is 0 Å². The van der Waals surface area contributed by atoms with Gasteiger partial charge in [0, 0.05) is 35.2 Å². The highest BCUT2D eigenvalue weighted by Crippen LogP contribution is 2.62. The molecule has 43 heavy (non-hydrogen) atoms. The summed E-state index contributed by atoms with van der Waals surface area (Å²) in [7, 11) is -3.26. The quantitative estimate of drug-likeness (QED) is 0.0655. The van der Waals surface area contributed by atoms with E-state index in [1.807, 2.05) is 43.5 Å². The van der Waals surface area contributed by atoms with Crippen molar-refractivity contribution in [1.82, 2.24) is 0 Å². The second-order valence-electron chi connectivity index (χ2n) is 11.0. The van der Waals surface area contributed by atoms with Gasteiger partial charge in [0.2, 0.25) is 0 Å². The van der Waals surface area contributed by atoms with Crippen molar-refractivity contribution in [2.24, 2.45) is 5.41 Å². The third-order valence-corrected chi connectivity index (χ3v) is 10.4. The summed E-state index contributed by atoms with van der Waals surface area (Å²) in [5.74, 6) is -0.547. The Bertz CT molecular complexity index is 1240. The van der Waals surface area contributed by atoms with Crippen LogP contribution in [0.2, 0.25) is 0 Å². The van der Waals surface area contributed by atoms with Crippen LogP contribution in [0.4, 0.5) is 21.9 Å². The highest BCUT2D eigenvalue weighted by molar-refractivity contribution is 8.24. The molecule has 0 fully saturated rings. The summed E-state index contributed by atoms with van der Waals surface area (Å²) in [6.07, 6.45) is 10.8. The number of carboxylic acids is 1. The van der Waals surface area contributed by atoms with Crippen molar-refractivity contribution in [3.05, 3.63) is 48.7 Å². The Morgan fingerprint density at radius 2 is 1.70 bits per heavy atom. The van der Waals surface area contributed by atoms with Crippen molar-refractivity contribution < 1.29 is 33.3 Å². The summed E-state index contributed by atoms with van der Waals surface area (Å²) in [5.41, 5.74) is 1.78. The Morgan fingerprint density at radius 1 is 1.05 bits per heavy atom. The number of carbonyl (C=O) groups is 2. The first-order valence-corrected chi connectivity index (χ1v) is 17.9. The fourth-order valence-corrected chi connectivity index (χ4v) is 8.07. The number of anilines is 3. The van der Waals surface area contributed by atoms with E-state index in [0.29, 0.717) is 35.2 Å². The second-order valence-corrected chi connectivity index (χ2v) is 13.9. The van der Waals surface area contributed by atoms with Crippen LogP contribution in [0.1, 0.15) is 72.1 Å². The van der Waals surface area contributed by atoms with Crippen LogP contribution in [0.25, 0.3) is 0 Å². The van der Waals surface area contributed by atoms with Crippen molar-refractivity contribution in [2.45, 2.75) is 81.9 Å². The molecular weight excluding hydrogens is 588 g/mol. The molecular formula is C32H46N2O7S2. The monoisotopic (exact) mass is 634 g/mol. The lowest BCUT2D eigenvalue weighted by molar-refractivity contribution is -0.131. The van der Waals surface area contributed by atoms with Crippen molar-refractivity contribution >= 4 is 51.5 Å². The van der Waals surface area contributed by atoms with E-state index in [9.17, 15) is 18.7 Å². The highest BCUT2D eigenvalue weighted by Gasteiger charge is 2.42. The zero-order valence-electron chi connectivity index (χ0n) is 25.6. The number of thioether (sulfide) groups is 1. The molecule has 238 valence electrons. The number of carbonyl (C=O) groups excluding carboxylic acids is 1. The van der Waals surface area contributed by atoms with Crippen molar-refractivity contribution in [2.75, 3.05) is 35.4 Å². The number of aliphatic carboxylic acids is 1. The lowest BCUT2D eigenvalue weighted by atomic mass is 9.79. The number of unbranched alkanes of at least 4 members (excludes halogenated alkanes) is 3. The number of benzene rings is 2. The second kappa shape index (κ2) is 16.3. The van der Waals surface area contributed by atoms with Crippen LogP contribution in [-0.4, -0.2) is 51.4 Å². The normalized spacial score (nSPS) is 16.3. The summed E-state index contributed by atoms with van der Waals surface area (Å²) in [5, 5.41) is 11.8. The largest absolute Gasteiger partial charge is 0.478 e. The van der Waals surface area contributed by atoms with Crippen LogP contribution in [0, 0.1) is 5.41 Å². The first-order chi connectivity index (χ1) is 20.6. The van der Waals surface area contributed by atoms with Crippen molar-refractivity contribution in [3.63, 3.8) is 0 Å². The van der Waals surface area contributed by atoms with Gasteiger partial charge in [-0.05, 0) is 55.9 Å². The summed E-state index contributed by atoms with van der Waals surface area (Å²) in [6.45, 7) is 7.28. The summed E-state index contributed by atoms with van der Waals surface area (Å²) < 4.78 is 34.6. The molecule has 0 aliphatic carbocycles. The lowest BCUT2D eigenvalue weighted by Gasteiger charge is -2.42. The zero-order chi connectivity index (χ0) is 31.5. The molecule has 1 heterocycles. The van der Waals surface area contributed by atoms with E-state index in [2.05, 4.69) is 24.1 Å². The highest BCUT2D eigenvalue weighted by atomic mass is 32.3. The molecule has 1 aliphatic heterocycles. The van der Waals surface area contributed by atoms with E-state index < -0.39 is 22.7 Å². The molecule has 11 heteroatoms. The molecule has 0 bridgehead atoms. The molecule has 0 atom stereocenters. The molecule has 1 aliphatic rings. The zero-order valence-corrected chi connectivity index (χ0v) is 27.3. The third-order valence-electron chi connectivity index (χ3n) is 7.57. The standard InChI is InChI=1S/C32H46N2O7S2/c1-5-8-16-32(17-9-6-2)22-34(25-13-11-24(12-14-25)33-31(37)41-18-10-7-3)26-20-28(42-4)27(40-19-15-30(35)36)21-29(26)43(38,39)23-32/h11-15,19-21,38-39H,5-10,16-18,22-23H2,1-4H3,(H,33,37)(H,35,36). The number of carboxylic acid groups (broad SMARTS) is 1. The van der Waals surface area contributed by atoms with Gasteiger partial charge in [-0.3, -0.25) is 14.4 Å². The maximum atomic E-state index is 12.2. The number of amides is 1. The molecule has 0 aromatic heterocycles. The number of hydrogen-bond donors (Lipinski definition) is 4. The van der Waals surface area contributed by atoms with Gasteiger partial charge in [0.1, 0.15) is 5.75 Å². The Morgan fingerprint density at radius 3 is 2.28 bits per heavy atom. The maximum absolute atomic E-state index is 12.2. The van der Waals surface area contributed by atoms with Crippen LogP contribution in [-0.2, 0) is 9.53 Å². The summed E-state index contributed by atoms with van der Waals surface area (Å²) in [4.78, 5) is 26.5. The van der Waals surface area contributed by atoms with Crippen LogP contribution >= 0.6 is 22.4 Å². The Hall–Kier alpha value is -2.86. The van der Waals surface area contributed by atoms with Gasteiger partial charge in [-0.1, -0.05) is 52.9 Å². The molecule has 2 aromatic rings. The SMILES string of the molecule is CCCCOC(=O)Nc1ccc(N2CC(CCCC)(CCCC)CS(O)(O)c3cc(OC=CC(=O)O)c(SC)cc32)cc1. The number of ether oxygens (including phenoxy) is 2. The molecule has 2 aromatic carbocycles.